The van der Waals surface area contributed by atoms with Crippen LogP contribution in [0.1, 0.15) is 153 Å². The molecule has 3 amide bonds. The molecule has 8 heterocycles. The molecule has 3 aromatic carbocycles. The fourth-order valence-electron chi connectivity index (χ4n) is 11.8. The van der Waals surface area contributed by atoms with Gasteiger partial charge in [0.15, 0.2) is 37.2 Å². The molecular weight excluding hydrogens is 1210 g/mol. The number of carbonyl (C=O) groups excluding carboxylic acids is 3. The number of rotatable bonds is 25. The quantitative estimate of drug-likeness (QED) is 0.0296. The summed E-state index contributed by atoms with van der Waals surface area (Å²) in [5.41, 5.74) is 17.2. The normalized spacial score (nSPS) is 11.3. The minimum absolute atomic E-state index is 0. The second-order valence-corrected chi connectivity index (χ2v) is 23.6. The van der Waals surface area contributed by atoms with Crippen molar-refractivity contribution in [2.24, 2.45) is 21.1 Å². The van der Waals surface area contributed by atoms with Gasteiger partial charge < -0.3 is 63.1 Å². The minimum Gasteiger partial charge on any atom is -1.00 e. The van der Waals surface area contributed by atoms with Gasteiger partial charge in [0.25, 0.3) is 11.8 Å². The molecule has 0 saturated carbocycles. The Hall–Kier alpha value is -9.01. The Morgan fingerprint density at radius 1 is 0.348 bits per heavy atom. The highest BCUT2D eigenvalue weighted by Gasteiger charge is 2.21. The van der Waals surface area contributed by atoms with Gasteiger partial charge in [-0.15, -0.1) is 0 Å². The Bertz CT molecular complexity index is 4160. The van der Waals surface area contributed by atoms with Crippen LogP contribution in [0.4, 0.5) is 17.1 Å². The molecule has 0 fully saturated rings. The van der Waals surface area contributed by atoms with Gasteiger partial charge in [0.2, 0.25) is 5.91 Å². The average Bonchev–Trinajstić information content (AvgIpc) is 1.61. The van der Waals surface area contributed by atoms with Crippen molar-refractivity contribution in [1.82, 2.24) is 19.9 Å². The highest BCUT2D eigenvalue weighted by atomic mass is 35.5. The predicted octanol–water partition coefficient (Wildman–Crippen LogP) is 7.51. The van der Waals surface area contributed by atoms with E-state index in [0.29, 0.717) is 34.6 Å². The van der Waals surface area contributed by atoms with Crippen LogP contribution < -0.4 is 66.9 Å². The SMILES string of the molecule is CCCCCCCCCCCCCCCCCC(=O)Nc1ccc(C(=O)Nc2ccc(C(=O)Nc3ccc(-c4c5nc(c(-c6cc[n+](C)cc6)c6ccc([nH]6)c(-c6cc[n+](C)cc6)c6nc(c(-c7cc[n+](C)cc7)c7ccc4[nH]7)C=C6)C=C5)cc3)cc2)cc1.[Cl-].[Cl-].[Cl-]. The van der Waals surface area contributed by atoms with Crippen LogP contribution in [-0.4, -0.2) is 37.7 Å². The molecule has 9 aromatic rings. The van der Waals surface area contributed by atoms with Crippen molar-refractivity contribution >= 4 is 81.2 Å². The van der Waals surface area contributed by atoms with Crippen molar-refractivity contribution in [1.29, 1.82) is 0 Å². The fourth-order valence-corrected chi connectivity index (χ4v) is 11.8. The first-order valence-electron chi connectivity index (χ1n) is 31.8. The summed E-state index contributed by atoms with van der Waals surface area (Å²) in [6.07, 6.45) is 40.4. The lowest BCUT2D eigenvalue weighted by atomic mass is 10.0. The smallest absolute Gasteiger partial charge is 0.255 e. The van der Waals surface area contributed by atoms with Crippen LogP contribution in [0.15, 0.2) is 171 Å². The number of fused-ring (bicyclic) bond motifs is 8. The molecule has 16 heteroatoms. The van der Waals surface area contributed by atoms with Gasteiger partial charge in [-0.2, -0.15) is 0 Å². The molecule has 92 heavy (non-hydrogen) atoms. The molecule has 0 saturated heterocycles. The van der Waals surface area contributed by atoms with E-state index in [2.05, 4.69) is 130 Å². The Morgan fingerprint density at radius 3 is 0.935 bits per heavy atom. The molecule has 6 aromatic heterocycles. The van der Waals surface area contributed by atoms with Crippen LogP contribution in [0.2, 0.25) is 0 Å². The van der Waals surface area contributed by atoms with Gasteiger partial charge in [-0.3, -0.25) is 14.4 Å². The standard InChI is InChI=1S/C76H78N10O3.3ClH/c1-5-6-7-8-9-10-11-12-13-14-15-16-17-18-19-20-70(87)77-59-29-23-57(24-30-59)75(88)79-61-31-25-58(26-32-61)76(89)78-60-27-21-53(22-28-60)71-62-33-35-64(80-62)72(54-41-47-84(2)48-42-54)66-37-39-68(82-66)74(56-45-51-86(4)52-46-56)69-40-38-67(83-69)73(65-36-34-63(71)81-65)55-43-49-85(3)50-44-55;;;/h21-52H,5-20H2,1-4H3,(H2-2,77,78,79,80,81,82,83,87,88,89);3*1H. The van der Waals surface area contributed by atoms with Gasteiger partial charge in [-0.25, -0.2) is 23.7 Å². The number of anilines is 3. The maximum atomic E-state index is 13.8. The van der Waals surface area contributed by atoms with Crippen LogP contribution in [0.5, 0.6) is 0 Å². The van der Waals surface area contributed by atoms with Crippen LogP contribution in [-0.2, 0) is 25.9 Å². The number of H-pyrrole nitrogens is 2. The minimum atomic E-state index is -0.298. The van der Waals surface area contributed by atoms with E-state index in [9.17, 15) is 14.4 Å². The summed E-state index contributed by atoms with van der Waals surface area (Å²) >= 11 is 0. The summed E-state index contributed by atoms with van der Waals surface area (Å²) in [5.74, 6) is -0.606. The Morgan fingerprint density at radius 2 is 0.620 bits per heavy atom. The lowest BCUT2D eigenvalue weighted by Crippen LogP contribution is -3.00. The number of pyridine rings is 3. The van der Waals surface area contributed by atoms with Crippen LogP contribution in [0.3, 0.4) is 0 Å². The highest BCUT2D eigenvalue weighted by Crippen LogP contribution is 2.38. The van der Waals surface area contributed by atoms with E-state index in [1.54, 1.807) is 48.5 Å². The first-order chi connectivity index (χ1) is 43.5. The summed E-state index contributed by atoms with van der Waals surface area (Å²) < 4.78 is 6.08. The predicted molar refractivity (Wildman–Crippen MR) is 361 cm³/mol. The molecule has 13 nitrogen and oxygen atoms in total. The van der Waals surface area contributed by atoms with Crippen LogP contribution in [0, 0.1) is 0 Å². The number of carbonyl (C=O) groups is 3. The van der Waals surface area contributed by atoms with Crippen molar-refractivity contribution in [2.45, 2.75) is 110 Å². The number of aryl methyl sites for hydroxylation is 3. The second kappa shape index (κ2) is 33.3. The average molecular weight is 1290 g/mol. The van der Waals surface area contributed by atoms with E-state index >= 15 is 0 Å². The Labute approximate surface area is 558 Å². The maximum Gasteiger partial charge on any atom is 0.255 e. The first-order valence-corrected chi connectivity index (χ1v) is 31.8. The van der Waals surface area contributed by atoms with Gasteiger partial charge in [0, 0.05) is 115 Å². The van der Waals surface area contributed by atoms with E-state index < -0.39 is 0 Å². The number of hydrogen-bond donors (Lipinski definition) is 5. The van der Waals surface area contributed by atoms with E-state index in [-0.39, 0.29) is 54.9 Å². The monoisotopic (exact) mass is 1290 g/mol. The third-order valence-electron chi connectivity index (χ3n) is 16.8. The van der Waals surface area contributed by atoms with Crippen molar-refractivity contribution < 1.29 is 65.3 Å². The zero-order valence-corrected chi connectivity index (χ0v) is 55.2. The van der Waals surface area contributed by atoms with Crippen molar-refractivity contribution in [2.75, 3.05) is 16.0 Å². The number of aromatic nitrogens is 7. The van der Waals surface area contributed by atoms with Gasteiger partial charge in [0.05, 0.1) is 22.8 Å². The molecule has 11 rings (SSSR count). The van der Waals surface area contributed by atoms with Gasteiger partial charge in [-0.1, -0.05) is 109 Å². The number of benzene rings is 3. The Kier molecular flexibility index (Phi) is 25.0. The van der Waals surface area contributed by atoms with Crippen molar-refractivity contribution in [3.8, 4) is 44.5 Å². The molecule has 5 N–H and O–H groups in total. The molecule has 2 aliphatic heterocycles. The molecule has 0 atom stereocenters. The number of hydrogen-bond acceptors (Lipinski definition) is 5. The van der Waals surface area contributed by atoms with Gasteiger partial charge >= 0.3 is 0 Å². The molecular formula is C76H81Cl3N10O3. The lowest BCUT2D eigenvalue weighted by molar-refractivity contribution is -0.671. The van der Waals surface area contributed by atoms with E-state index in [1.807, 2.05) is 83.9 Å². The van der Waals surface area contributed by atoms with Crippen molar-refractivity contribution in [3.05, 3.63) is 205 Å². The summed E-state index contributed by atoms with van der Waals surface area (Å²) in [6, 6.07) is 42.7. The molecule has 0 radical (unpaired) electrons. The molecule has 474 valence electrons. The van der Waals surface area contributed by atoms with Crippen LogP contribution >= 0.6 is 0 Å². The Balaban J connectivity index is 0.00000363. The van der Waals surface area contributed by atoms with E-state index in [0.717, 1.165) is 102 Å². The zero-order chi connectivity index (χ0) is 61.5. The molecule has 8 bridgehead atoms. The zero-order valence-electron chi connectivity index (χ0n) is 52.9. The number of amides is 3. The topological polar surface area (TPSA) is 156 Å². The lowest BCUT2D eigenvalue weighted by Gasteiger charge is -2.10. The largest absolute Gasteiger partial charge is 1.00 e. The molecule has 0 aliphatic carbocycles. The van der Waals surface area contributed by atoms with Gasteiger partial charge in [0.1, 0.15) is 21.1 Å². The number of halogens is 3. The van der Waals surface area contributed by atoms with E-state index in [1.165, 1.54) is 83.5 Å². The second-order valence-electron chi connectivity index (χ2n) is 23.6. The van der Waals surface area contributed by atoms with Crippen molar-refractivity contribution in [3.63, 3.8) is 0 Å². The number of aromatic amines is 2. The first kappa shape index (κ1) is 68.9. The third-order valence-corrected chi connectivity index (χ3v) is 16.8. The number of nitrogens with zero attached hydrogens (tertiary/aromatic N) is 5. The molecule has 0 unspecified atom stereocenters. The summed E-state index contributed by atoms with van der Waals surface area (Å²) in [7, 11) is 6.04. The van der Waals surface area contributed by atoms with Crippen LogP contribution in [0.25, 0.3) is 90.9 Å². The number of unbranched alkanes of at least 4 members (excludes halogenated alkanes) is 14. The van der Waals surface area contributed by atoms with Gasteiger partial charge in [-0.05, 0) is 138 Å². The summed E-state index contributed by atoms with van der Waals surface area (Å²) in [4.78, 5) is 58.4. The summed E-state index contributed by atoms with van der Waals surface area (Å²) in [5, 5.41) is 8.98. The molecule has 0 spiro atoms. The highest BCUT2D eigenvalue weighted by molar-refractivity contribution is 6.07. The summed E-state index contributed by atoms with van der Waals surface area (Å²) in [6.45, 7) is 2.27. The number of nitrogens with one attached hydrogen (secondary N) is 5. The maximum absolute atomic E-state index is 13.8. The third kappa shape index (κ3) is 17.5. The molecule has 2 aliphatic rings. The fraction of sp³-hybridized carbons (Fsp3) is 0.263. The van der Waals surface area contributed by atoms with E-state index in [4.69, 9.17) is 9.97 Å².